The second-order valence-corrected chi connectivity index (χ2v) is 4.39. The van der Waals surface area contributed by atoms with Gasteiger partial charge in [-0.25, -0.2) is 4.98 Å². The maximum absolute atomic E-state index is 11.9. The number of nitrogens with one attached hydrogen (secondary N) is 1. The van der Waals surface area contributed by atoms with Crippen molar-refractivity contribution in [2.45, 2.75) is 13.8 Å². The summed E-state index contributed by atoms with van der Waals surface area (Å²) >= 11 is 5.85. The highest BCUT2D eigenvalue weighted by Gasteiger charge is 2.09. The maximum atomic E-state index is 11.9. The van der Waals surface area contributed by atoms with Crippen LogP contribution in [0, 0.1) is 13.8 Å². The largest absolute Gasteiger partial charge is 0.320 e. The minimum atomic E-state index is -0.284. The Morgan fingerprint density at radius 3 is 2.61 bits per heavy atom. The van der Waals surface area contributed by atoms with E-state index in [4.69, 9.17) is 11.6 Å². The van der Waals surface area contributed by atoms with Crippen molar-refractivity contribution < 1.29 is 4.79 Å². The smallest absolute Gasteiger partial charge is 0.275 e. The number of carbonyl (C=O) groups excluding carboxylic acids is 1. The van der Waals surface area contributed by atoms with Gasteiger partial charge in [0.2, 0.25) is 0 Å². The molecule has 1 heterocycles. The van der Waals surface area contributed by atoms with Crippen LogP contribution in [0.4, 0.5) is 5.69 Å². The van der Waals surface area contributed by atoms with Crippen LogP contribution in [-0.2, 0) is 0 Å². The van der Waals surface area contributed by atoms with Crippen molar-refractivity contribution in [3.8, 4) is 0 Å². The van der Waals surface area contributed by atoms with E-state index in [1.54, 1.807) is 24.4 Å². The number of carbonyl (C=O) groups is 1. The molecule has 1 aromatic heterocycles. The van der Waals surface area contributed by atoms with E-state index in [0.29, 0.717) is 10.7 Å². The van der Waals surface area contributed by atoms with Crippen molar-refractivity contribution in [2.75, 3.05) is 5.32 Å². The van der Waals surface area contributed by atoms with E-state index in [0.717, 1.165) is 11.3 Å². The first kappa shape index (κ1) is 12.5. The van der Waals surface area contributed by atoms with Crippen LogP contribution in [-0.4, -0.2) is 15.9 Å². The summed E-state index contributed by atoms with van der Waals surface area (Å²) in [5.41, 5.74) is 2.67. The number of halogens is 1. The lowest BCUT2D eigenvalue weighted by Gasteiger charge is -2.08. The van der Waals surface area contributed by atoms with Gasteiger partial charge in [0.1, 0.15) is 5.69 Å². The van der Waals surface area contributed by atoms with Gasteiger partial charge >= 0.3 is 0 Å². The maximum Gasteiger partial charge on any atom is 0.275 e. The van der Waals surface area contributed by atoms with E-state index in [9.17, 15) is 4.79 Å². The highest BCUT2D eigenvalue weighted by Crippen LogP contribution is 2.19. The van der Waals surface area contributed by atoms with Crippen molar-refractivity contribution in [2.24, 2.45) is 0 Å². The van der Waals surface area contributed by atoms with Crippen molar-refractivity contribution >= 4 is 23.2 Å². The van der Waals surface area contributed by atoms with Gasteiger partial charge in [-0.05, 0) is 37.6 Å². The molecule has 5 heteroatoms. The Labute approximate surface area is 110 Å². The molecule has 0 aliphatic heterocycles. The van der Waals surface area contributed by atoms with Crippen molar-refractivity contribution in [1.29, 1.82) is 0 Å². The normalized spacial score (nSPS) is 10.2. The summed E-state index contributed by atoms with van der Waals surface area (Å²) in [4.78, 5) is 20.0. The minimum Gasteiger partial charge on any atom is -0.320 e. The summed E-state index contributed by atoms with van der Waals surface area (Å²) in [6, 6.07) is 5.28. The molecule has 4 nitrogen and oxygen atoms in total. The van der Waals surface area contributed by atoms with E-state index < -0.39 is 0 Å². The molecule has 2 rings (SSSR count). The molecule has 1 aromatic carbocycles. The molecule has 2 aromatic rings. The average molecular weight is 262 g/mol. The molecule has 0 aliphatic carbocycles. The number of benzene rings is 1. The molecule has 0 saturated carbocycles. The number of rotatable bonds is 2. The second kappa shape index (κ2) is 5.14. The molecule has 0 atom stereocenters. The van der Waals surface area contributed by atoms with E-state index in [2.05, 4.69) is 15.3 Å². The summed E-state index contributed by atoms with van der Waals surface area (Å²) in [6.45, 7) is 3.69. The quantitative estimate of drug-likeness (QED) is 0.904. The first-order valence-corrected chi connectivity index (χ1v) is 5.80. The Bertz CT molecular complexity index is 581. The fraction of sp³-hybridized carbons (Fsp3) is 0.154. The molecule has 0 fully saturated rings. The average Bonchev–Trinajstić information content (AvgIpc) is 2.33. The lowest BCUT2D eigenvalue weighted by atomic mass is 10.2. The molecular weight excluding hydrogens is 250 g/mol. The third-order valence-electron chi connectivity index (χ3n) is 2.45. The monoisotopic (exact) mass is 261 g/mol. The van der Waals surface area contributed by atoms with Crippen LogP contribution in [0.5, 0.6) is 0 Å². The Hall–Kier alpha value is -1.94. The van der Waals surface area contributed by atoms with Crippen LogP contribution in [0.25, 0.3) is 0 Å². The van der Waals surface area contributed by atoms with Crippen molar-refractivity contribution in [1.82, 2.24) is 9.97 Å². The molecule has 0 bridgehead atoms. The van der Waals surface area contributed by atoms with Crippen LogP contribution in [0.15, 0.2) is 30.6 Å². The molecule has 18 heavy (non-hydrogen) atoms. The fourth-order valence-electron chi connectivity index (χ4n) is 1.46. The van der Waals surface area contributed by atoms with Gasteiger partial charge in [-0.15, -0.1) is 0 Å². The predicted molar refractivity (Wildman–Crippen MR) is 70.9 cm³/mol. The first-order valence-electron chi connectivity index (χ1n) is 5.42. The summed E-state index contributed by atoms with van der Waals surface area (Å²) in [5, 5.41) is 3.41. The lowest BCUT2D eigenvalue weighted by Crippen LogP contribution is -2.14. The lowest BCUT2D eigenvalue weighted by molar-refractivity contribution is 0.102. The Morgan fingerprint density at radius 1 is 1.22 bits per heavy atom. The van der Waals surface area contributed by atoms with Gasteiger partial charge in [0.05, 0.1) is 11.9 Å². The zero-order valence-corrected chi connectivity index (χ0v) is 10.8. The van der Waals surface area contributed by atoms with Crippen LogP contribution in [0.3, 0.4) is 0 Å². The van der Waals surface area contributed by atoms with Crippen LogP contribution < -0.4 is 5.32 Å². The highest BCUT2D eigenvalue weighted by molar-refractivity contribution is 6.30. The summed E-state index contributed by atoms with van der Waals surface area (Å²) in [5.74, 6) is -0.284. The third-order valence-corrected chi connectivity index (χ3v) is 2.69. The molecule has 0 spiro atoms. The Balaban J connectivity index is 2.18. The van der Waals surface area contributed by atoms with E-state index in [-0.39, 0.29) is 11.6 Å². The molecular formula is C13H12ClN3O. The van der Waals surface area contributed by atoms with Gasteiger partial charge < -0.3 is 5.32 Å². The minimum absolute atomic E-state index is 0.284. The Kier molecular flexibility index (Phi) is 3.58. The first-order chi connectivity index (χ1) is 8.56. The predicted octanol–water partition coefficient (Wildman–Crippen LogP) is 3.00. The number of aromatic nitrogens is 2. The zero-order valence-electron chi connectivity index (χ0n) is 10.1. The molecule has 0 radical (unpaired) electrons. The number of hydrogen-bond acceptors (Lipinski definition) is 3. The summed E-state index contributed by atoms with van der Waals surface area (Å²) in [6.07, 6.45) is 3.01. The zero-order chi connectivity index (χ0) is 13.1. The third kappa shape index (κ3) is 2.84. The topological polar surface area (TPSA) is 54.9 Å². The van der Waals surface area contributed by atoms with Crippen LogP contribution in [0.1, 0.15) is 21.7 Å². The SMILES string of the molecule is Cc1cnc(C(=O)Nc2ccc(Cl)cc2C)cn1. The number of amides is 1. The number of aryl methyl sites for hydroxylation is 2. The standard InChI is InChI=1S/C13H12ClN3O/c1-8-5-10(14)3-4-11(8)17-13(18)12-7-15-9(2)6-16-12/h3-7H,1-2H3,(H,17,18). The molecule has 1 N–H and O–H groups in total. The fourth-order valence-corrected chi connectivity index (χ4v) is 1.69. The van der Waals surface area contributed by atoms with E-state index in [1.165, 1.54) is 6.20 Å². The van der Waals surface area contributed by atoms with Crippen molar-refractivity contribution in [3.63, 3.8) is 0 Å². The summed E-state index contributed by atoms with van der Waals surface area (Å²) < 4.78 is 0. The van der Waals surface area contributed by atoms with Gasteiger partial charge in [-0.2, -0.15) is 0 Å². The van der Waals surface area contributed by atoms with Crippen molar-refractivity contribution in [3.05, 3.63) is 52.6 Å². The molecule has 0 aliphatic rings. The molecule has 0 unspecified atom stereocenters. The van der Waals surface area contributed by atoms with Crippen LogP contribution >= 0.6 is 11.6 Å². The highest BCUT2D eigenvalue weighted by atomic mass is 35.5. The number of anilines is 1. The second-order valence-electron chi connectivity index (χ2n) is 3.96. The number of nitrogens with zero attached hydrogens (tertiary/aromatic N) is 2. The number of hydrogen-bond donors (Lipinski definition) is 1. The van der Waals surface area contributed by atoms with Gasteiger partial charge in [-0.1, -0.05) is 11.6 Å². The molecule has 1 amide bonds. The molecule has 92 valence electrons. The Morgan fingerprint density at radius 2 is 2.00 bits per heavy atom. The van der Waals surface area contributed by atoms with E-state index >= 15 is 0 Å². The van der Waals surface area contributed by atoms with Gasteiger partial charge in [-0.3, -0.25) is 9.78 Å². The van der Waals surface area contributed by atoms with Gasteiger partial charge in [0.15, 0.2) is 0 Å². The van der Waals surface area contributed by atoms with Gasteiger partial charge in [0.25, 0.3) is 5.91 Å². The van der Waals surface area contributed by atoms with Gasteiger partial charge in [0, 0.05) is 16.9 Å². The van der Waals surface area contributed by atoms with Crippen LogP contribution in [0.2, 0.25) is 5.02 Å². The molecule has 0 saturated heterocycles. The summed E-state index contributed by atoms with van der Waals surface area (Å²) in [7, 11) is 0. The van der Waals surface area contributed by atoms with E-state index in [1.807, 2.05) is 13.8 Å².